The monoisotopic (exact) mass is 240 g/mol. The number of nitrogens with one attached hydrogen (secondary N) is 1. The summed E-state index contributed by atoms with van der Waals surface area (Å²) < 4.78 is 0. The molecule has 4 heteroatoms. The smallest absolute Gasteiger partial charge is 0.230 e. The van der Waals surface area contributed by atoms with Crippen molar-refractivity contribution < 1.29 is 4.90 Å². The molecule has 2 rings (SSSR count). The highest BCUT2D eigenvalue weighted by molar-refractivity contribution is 6.29. The van der Waals surface area contributed by atoms with E-state index < -0.39 is 0 Å². The maximum absolute atomic E-state index is 5.92. The second-order valence-electron chi connectivity index (χ2n) is 4.89. The van der Waals surface area contributed by atoms with Gasteiger partial charge in [0.05, 0.1) is 18.7 Å². The molecule has 0 bridgehead atoms. The number of aromatic nitrogens is 2. The topological polar surface area (TPSA) is 30.2 Å². The van der Waals surface area contributed by atoms with Crippen LogP contribution in [0.1, 0.15) is 33.1 Å². The SMILES string of the molecule is CC1CCCC(C)[NH+](c2cc(Cl)ncn2)C1. The Hall–Kier alpha value is -0.670. The average molecular weight is 241 g/mol. The van der Waals surface area contributed by atoms with E-state index in [1.165, 1.54) is 24.2 Å². The lowest BCUT2D eigenvalue weighted by Crippen LogP contribution is -3.11. The summed E-state index contributed by atoms with van der Waals surface area (Å²) in [7, 11) is 0. The summed E-state index contributed by atoms with van der Waals surface area (Å²) in [5, 5.41) is 0.543. The molecule has 3 nitrogen and oxygen atoms in total. The van der Waals surface area contributed by atoms with Gasteiger partial charge in [-0.05, 0) is 26.2 Å². The third-order valence-corrected chi connectivity index (χ3v) is 3.67. The summed E-state index contributed by atoms with van der Waals surface area (Å²) >= 11 is 5.92. The van der Waals surface area contributed by atoms with Gasteiger partial charge in [-0.25, -0.2) is 4.98 Å². The molecule has 0 spiro atoms. The minimum Gasteiger partial charge on any atom is -0.283 e. The van der Waals surface area contributed by atoms with Gasteiger partial charge in [-0.1, -0.05) is 18.5 Å². The molecule has 1 aromatic rings. The summed E-state index contributed by atoms with van der Waals surface area (Å²) in [6.45, 7) is 5.76. The number of halogens is 1. The summed E-state index contributed by atoms with van der Waals surface area (Å²) in [6, 6.07) is 2.52. The fourth-order valence-electron chi connectivity index (χ4n) is 2.49. The number of nitrogens with zero attached hydrogens (tertiary/aromatic N) is 2. The van der Waals surface area contributed by atoms with Crippen molar-refractivity contribution in [2.75, 3.05) is 6.54 Å². The fraction of sp³-hybridized carbons (Fsp3) is 0.667. The van der Waals surface area contributed by atoms with E-state index in [-0.39, 0.29) is 0 Å². The largest absolute Gasteiger partial charge is 0.283 e. The van der Waals surface area contributed by atoms with Gasteiger partial charge in [-0.15, -0.1) is 0 Å². The van der Waals surface area contributed by atoms with E-state index in [0.717, 1.165) is 18.3 Å². The minimum absolute atomic E-state index is 0.543. The van der Waals surface area contributed by atoms with Gasteiger partial charge in [0.1, 0.15) is 11.5 Å². The number of hydrogen-bond acceptors (Lipinski definition) is 2. The van der Waals surface area contributed by atoms with Crippen LogP contribution in [-0.2, 0) is 0 Å². The molecular formula is C12H19ClN3+. The van der Waals surface area contributed by atoms with Gasteiger partial charge in [-0.2, -0.15) is 4.98 Å². The molecule has 1 aliphatic heterocycles. The zero-order valence-electron chi connectivity index (χ0n) is 9.91. The Bertz CT molecular complexity index is 356. The first-order valence-corrected chi connectivity index (χ1v) is 6.38. The number of quaternary nitrogens is 1. The molecule has 0 radical (unpaired) electrons. The standard InChI is InChI=1S/C12H18ClN3/c1-9-4-3-5-10(2)16(7-9)12-6-11(13)14-8-15-12/h6,8-10H,3-5,7H2,1-2H3/p+1. The van der Waals surface area contributed by atoms with Gasteiger partial charge in [0.25, 0.3) is 0 Å². The predicted molar refractivity (Wildman–Crippen MR) is 65.0 cm³/mol. The highest BCUT2D eigenvalue weighted by Gasteiger charge is 2.27. The molecule has 1 aliphatic rings. The Balaban J connectivity index is 2.22. The van der Waals surface area contributed by atoms with Crippen molar-refractivity contribution in [1.29, 1.82) is 0 Å². The molecule has 1 saturated heterocycles. The van der Waals surface area contributed by atoms with Crippen LogP contribution in [0.3, 0.4) is 0 Å². The van der Waals surface area contributed by atoms with E-state index in [2.05, 4.69) is 23.8 Å². The van der Waals surface area contributed by atoms with E-state index in [1.54, 1.807) is 6.33 Å². The summed E-state index contributed by atoms with van der Waals surface area (Å²) in [4.78, 5) is 9.75. The normalized spacial score (nSPS) is 31.1. The molecular weight excluding hydrogens is 222 g/mol. The van der Waals surface area contributed by atoms with Crippen LogP contribution in [0.15, 0.2) is 12.4 Å². The average Bonchev–Trinajstić information content (AvgIpc) is 2.41. The lowest BCUT2D eigenvalue weighted by atomic mass is 10.1. The maximum atomic E-state index is 5.92. The van der Waals surface area contributed by atoms with Crippen LogP contribution in [0, 0.1) is 5.92 Å². The van der Waals surface area contributed by atoms with Crippen molar-refractivity contribution >= 4 is 17.4 Å². The molecule has 0 saturated carbocycles. The van der Waals surface area contributed by atoms with Gasteiger partial charge >= 0.3 is 0 Å². The minimum atomic E-state index is 0.543. The summed E-state index contributed by atoms with van der Waals surface area (Å²) in [5.41, 5.74) is 0. The first-order valence-electron chi connectivity index (χ1n) is 6.00. The van der Waals surface area contributed by atoms with Gasteiger partial charge in [0.15, 0.2) is 0 Å². The van der Waals surface area contributed by atoms with Crippen molar-refractivity contribution in [2.45, 2.75) is 39.2 Å². The van der Waals surface area contributed by atoms with Crippen LogP contribution in [0.5, 0.6) is 0 Å². The second-order valence-corrected chi connectivity index (χ2v) is 5.28. The van der Waals surface area contributed by atoms with Crippen molar-refractivity contribution in [2.24, 2.45) is 5.92 Å². The van der Waals surface area contributed by atoms with Crippen LogP contribution in [0.25, 0.3) is 0 Å². The molecule has 16 heavy (non-hydrogen) atoms. The molecule has 1 fully saturated rings. The zero-order chi connectivity index (χ0) is 11.5. The van der Waals surface area contributed by atoms with Crippen LogP contribution >= 0.6 is 11.6 Å². The number of hydrogen-bond donors (Lipinski definition) is 1. The van der Waals surface area contributed by atoms with E-state index in [9.17, 15) is 0 Å². The Kier molecular flexibility index (Phi) is 3.77. The zero-order valence-corrected chi connectivity index (χ0v) is 10.7. The molecule has 0 amide bonds. The Morgan fingerprint density at radius 3 is 2.88 bits per heavy atom. The van der Waals surface area contributed by atoms with Crippen molar-refractivity contribution in [3.63, 3.8) is 0 Å². The van der Waals surface area contributed by atoms with E-state index >= 15 is 0 Å². The summed E-state index contributed by atoms with van der Waals surface area (Å²) in [5.74, 6) is 1.80. The van der Waals surface area contributed by atoms with Crippen LogP contribution in [0.2, 0.25) is 5.15 Å². The van der Waals surface area contributed by atoms with Crippen molar-refractivity contribution in [3.8, 4) is 0 Å². The van der Waals surface area contributed by atoms with Gasteiger partial charge in [0.2, 0.25) is 5.82 Å². The van der Waals surface area contributed by atoms with Crippen molar-refractivity contribution in [3.05, 3.63) is 17.5 Å². The lowest BCUT2D eigenvalue weighted by Gasteiger charge is -2.23. The molecule has 0 aliphatic carbocycles. The first kappa shape index (κ1) is 11.8. The highest BCUT2D eigenvalue weighted by Crippen LogP contribution is 2.14. The first-order chi connectivity index (χ1) is 7.66. The second kappa shape index (κ2) is 5.11. The lowest BCUT2D eigenvalue weighted by molar-refractivity contribution is -0.863. The molecule has 1 aromatic heterocycles. The molecule has 0 aromatic carbocycles. The van der Waals surface area contributed by atoms with E-state index in [1.807, 2.05) is 6.07 Å². The van der Waals surface area contributed by atoms with Crippen LogP contribution < -0.4 is 4.90 Å². The highest BCUT2D eigenvalue weighted by atomic mass is 35.5. The fourth-order valence-corrected chi connectivity index (χ4v) is 2.64. The molecule has 1 N–H and O–H groups in total. The van der Waals surface area contributed by atoms with Gasteiger partial charge in [0, 0.05) is 5.92 Å². The van der Waals surface area contributed by atoms with Crippen LogP contribution in [0.4, 0.5) is 5.82 Å². The summed E-state index contributed by atoms with van der Waals surface area (Å²) in [6.07, 6.45) is 5.48. The third kappa shape index (κ3) is 2.71. The van der Waals surface area contributed by atoms with E-state index in [4.69, 9.17) is 11.6 Å². The molecule has 2 heterocycles. The Morgan fingerprint density at radius 2 is 2.12 bits per heavy atom. The third-order valence-electron chi connectivity index (χ3n) is 3.46. The maximum Gasteiger partial charge on any atom is 0.230 e. The van der Waals surface area contributed by atoms with Gasteiger partial charge < -0.3 is 0 Å². The molecule has 88 valence electrons. The molecule has 3 atom stereocenters. The van der Waals surface area contributed by atoms with Crippen LogP contribution in [-0.4, -0.2) is 22.6 Å². The quantitative estimate of drug-likeness (QED) is 0.760. The Morgan fingerprint density at radius 1 is 1.31 bits per heavy atom. The van der Waals surface area contributed by atoms with Crippen molar-refractivity contribution in [1.82, 2.24) is 9.97 Å². The predicted octanol–water partition coefficient (Wildman–Crippen LogP) is 1.85. The van der Waals surface area contributed by atoms with E-state index in [0.29, 0.717) is 11.2 Å². The number of rotatable bonds is 1. The van der Waals surface area contributed by atoms with Gasteiger partial charge in [-0.3, -0.25) is 4.90 Å². The Labute approximate surface area is 102 Å². The molecule has 3 unspecified atom stereocenters.